The molecule has 2 aromatic rings. The van der Waals surface area contributed by atoms with Crippen LogP contribution in [-0.4, -0.2) is 61.5 Å². The maximum Gasteiger partial charge on any atom is 0.287 e. The molecule has 1 fully saturated rings. The zero-order valence-corrected chi connectivity index (χ0v) is 13.9. The second-order valence-corrected chi connectivity index (χ2v) is 5.76. The fourth-order valence-electron chi connectivity index (χ4n) is 2.89. The zero-order chi connectivity index (χ0) is 16.8. The Balaban J connectivity index is 1.44. The van der Waals surface area contributed by atoms with E-state index in [0.717, 1.165) is 50.7 Å². The molecule has 1 aromatic carbocycles. The number of hydrogen-bond acceptors (Lipinski definition) is 6. The van der Waals surface area contributed by atoms with Crippen molar-refractivity contribution in [3.05, 3.63) is 46.9 Å². The Morgan fingerprint density at radius 1 is 1.25 bits per heavy atom. The highest BCUT2D eigenvalue weighted by molar-refractivity contribution is 5.48. The number of ether oxygens (including phenoxy) is 1. The van der Waals surface area contributed by atoms with Crippen molar-refractivity contribution in [2.45, 2.75) is 0 Å². The minimum Gasteiger partial charge on any atom is -0.497 e. The lowest BCUT2D eigenvalue weighted by molar-refractivity contribution is 0.267. The summed E-state index contributed by atoms with van der Waals surface area (Å²) in [7, 11) is 1.67. The molecule has 2 heterocycles. The predicted octanol–water partition coefficient (Wildman–Crippen LogP) is 1.01. The maximum absolute atomic E-state index is 11.8. The SMILES string of the molecule is COc1cccc(NCCN2CCN(c3ccn[nH]c3=O)CC2)c1. The molecule has 7 heteroatoms. The van der Waals surface area contributed by atoms with E-state index in [1.807, 2.05) is 24.3 Å². The second kappa shape index (κ2) is 7.83. The molecule has 0 saturated carbocycles. The number of anilines is 2. The summed E-state index contributed by atoms with van der Waals surface area (Å²) in [5.41, 5.74) is 1.65. The number of benzene rings is 1. The highest BCUT2D eigenvalue weighted by Gasteiger charge is 2.18. The largest absolute Gasteiger partial charge is 0.497 e. The molecule has 0 amide bonds. The van der Waals surface area contributed by atoms with Crippen molar-refractivity contribution in [3.8, 4) is 5.75 Å². The minimum atomic E-state index is -0.120. The highest BCUT2D eigenvalue weighted by atomic mass is 16.5. The molecular formula is C17H23N5O2. The van der Waals surface area contributed by atoms with Gasteiger partial charge in [0.25, 0.3) is 5.56 Å². The number of rotatable bonds is 6. The van der Waals surface area contributed by atoms with E-state index in [1.54, 1.807) is 19.4 Å². The number of aromatic amines is 1. The molecule has 128 valence electrons. The number of nitrogens with zero attached hydrogens (tertiary/aromatic N) is 3. The first-order chi connectivity index (χ1) is 11.8. The van der Waals surface area contributed by atoms with Crippen LogP contribution in [0, 0.1) is 0 Å². The van der Waals surface area contributed by atoms with Crippen molar-refractivity contribution in [1.29, 1.82) is 0 Å². The molecule has 3 rings (SSSR count). The van der Waals surface area contributed by atoms with Gasteiger partial charge in [0.1, 0.15) is 11.4 Å². The quantitative estimate of drug-likeness (QED) is 0.824. The normalized spacial score (nSPS) is 15.3. The molecule has 0 atom stereocenters. The van der Waals surface area contributed by atoms with Gasteiger partial charge < -0.3 is 15.0 Å². The Labute approximate surface area is 141 Å². The van der Waals surface area contributed by atoms with E-state index in [1.165, 1.54) is 0 Å². The highest BCUT2D eigenvalue weighted by Crippen LogP contribution is 2.16. The van der Waals surface area contributed by atoms with Crippen LogP contribution in [0.4, 0.5) is 11.4 Å². The van der Waals surface area contributed by atoms with Gasteiger partial charge in [0, 0.05) is 57.2 Å². The van der Waals surface area contributed by atoms with Crippen LogP contribution in [0.3, 0.4) is 0 Å². The van der Waals surface area contributed by atoms with Gasteiger partial charge in [-0.25, -0.2) is 5.10 Å². The molecule has 1 aliphatic rings. The molecule has 0 radical (unpaired) electrons. The molecule has 24 heavy (non-hydrogen) atoms. The molecule has 2 N–H and O–H groups in total. The number of methoxy groups -OCH3 is 1. The smallest absolute Gasteiger partial charge is 0.287 e. The van der Waals surface area contributed by atoms with E-state index in [-0.39, 0.29) is 5.56 Å². The van der Waals surface area contributed by atoms with Crippen LogP contribution in [0.25, 0.3) is 0 Å². The van der Waals surface area contributed by atoms with Crippen molar-refractivity contribution >= 4 is 11.4 Å². The third kappa shape index (κ3) is 4.05. The van der Waals surface area contributed by atoms with E-state index in [9.17, 15) is 4.79 Å². The third-order valence-corrected chi connectivity index (χ3v) is 4.25. The average Bonchev–Trinajstić information content (AvgIpc) is 2.63. The molecule has 0 spiro atoms. The average molecular weight is 329 g/mol. The summed E-state index contributed by atoms with van der Waals surface area (Å²) >= 11 is 0. The van der Waals surface area contributed by atoms with Crippen LogP contribution in [0.1, 0.15) is 0 Å². The van der Waals surface area contributed by atoms with Gasteiger partial charge in [0.15, 0.2) is 0 Å². The molecule has 1 aliphatic heterocycles. The first-order valence-electron chi connectivity index (χ1n) is 8.15. The molecule has 0 unspecified atom stereocenters. The van der Waals surface area contributed by atoms with Crippen LogP contribution in [0.2, 0.25) is 0 Å². The Morgan fingerprint density at radius 3 is 2.83 bits per heavy atom. The topological polar surface area (TPSA) is 73.5 Å². The van der Waals surface area contributed by atoms with Gasteiger partial charge in [-0.3, -0.25) is 9.69 Å². The molecule has 7 nitrogen and oxygen atoms in total. The van der Waals surface area contributed by atoms with Crippen LogP contribution in [-0.2, 0) is 0 Å². The molecule has 1 aromatic heterocycles. The van der Waals surface area contributed by atoms with Crippen LogP contribution >= 0.6 is 0 Å². The zero-order valence-electron chi connectivity index (χ0n) is 13.9. The van der Waals surface area contributed by atoms with E-state index in [0.29, 0.717) is 5.69 Å². The Kier molecular flexibility index (Phi) is 5.32. The third-order valence-electron chi connectivity index (χ3n) is 4.25. The fraction of sp³-hybridized carbons (Fsp3) is 0.412. The van der Waals surface area contributed by atoms with Gasteiger partial charge in [-0.15, -0.1) is 0 Å². The van der Waals surface area contributed by atoms with Crippen molar-refractivity contribution < 1.29 is 4.74 Å². The van der Waals surface area contributed by atoms with Crippen LogP contribution < -0.4 is 20.5 Å². The predicted molar refractivity (Wildman–Crippen MR) is 95.0 cm³/mol. The van der Waals surface area contributed by atoms with Crippen molar-refractivity contribution in [2.75, 3.05) is 56.6 Å². The van der Waals surface area contributed by atoms with E-state index in [4.69, 9.17) is 4.74 Å². The fourth-order valence-corrected chi connectivity index (χ4v) is 2.89. The Morgan fingerprint density at radius 2 is 2.08 bits per heavy atom. The summed E-state index contributed by atoms with van der Waals surface area (Å²) < 4.78 is 5.23. The maximum atomic E-state index is 11.8. The summed E-state index contributed by atoms with van der Waals surface area (Å²) in [5.74, 6) is 0.858. The summed E-state index contributed by atoms with van der Waals surface area (Å²) in [4.78, 5) is 16.3. The van der Waals surface area contributed by atoms with Crippen molar-refractivity contribution in [1.82, 2.24) is 15.1 Å². The molecular weight excluding hydrogens is 306 g/mol. The number of H-pyrrole nitrogens is 1. The lowest BCUT2D eigenvalue weighted by Gasteiger charge is -2.35. The lowest BCUT2D eigenvalue weighted by atomic mass is 10.2. The summed E-state index contributed by atoms with van der Waals surface area (Å²) in [6, 6.07) is 9.72. The number of nitrogens with one attached hydrogen (secondary N) is 2. The van der Waals surface area contributed by atoms with Gasteiger partial charge in [0.05, 0.1) is 7.11 Å². The van der Waals surface area contributed by atoms with E-state index in [2.05, 4.69) is 25.3 Å². The second-order valence-electron chi connectivity index (χ2n) is 5.76. The van der Waals surface area contributed by atoms with Gasteiger partial charge >= 0.3 is 0 Å². The summed E-state index contributed by atoms with van der Waals surface area (Å²) in [6.07, 6.45) is 1.63. The van der Waals surface area contributed by atoms with Gasteiger partial charge in [-0.2, -0.15) is 5.10 Å². The minimum absolute atomic E-state index is 0.120. The number of piperazine rings is 1. The lowest BCUT2D eigenvalue weighted by Crippen LogP contribution is -2.48. The Hall–Kier alpha value is -2.54. The monoisotopic (exact) mass is 329 g/mol. The van der Waals surface area contributed by atoms with Gasteiger partial charge in [-0.1, -0.05) is 6.07 Å². The van der Waals surface area contributed by atoms with Crippen molar-refractivity contribution in [2.24, 2.45) is 0 Å². The first-order valence-corrected chi connectivity index (χ1v) is 8.15. The first kappa shape index (κ1) is 16.3. The van der Waals surface area contributed by atoms with Crippen LogP contribution in [0.15, 0.2) is 41.3 Å². The van der Waals surface area contributed by atoms with E-state index < -0.39 is 0 Å². The summed E-state index contributed by atoms with van der Waals surface area (Å²) in [5, 5.41) is 9.65. The molecule has 1 saturated heterocycles. The van der Waals surface area contributed by atoms with Gasteiger partial charge in [0.2, 0.25) is 0 Å². The van der Waals surface area contributed by atoms with Gasteiger partial charge in [-0.05, 0) is 18.2 Å². The summed E-state index contributed by atoms with van der Waals surface area (Å²) in [6.45, 7) is 5.45. The van der Waals surface area contributed by atoms with Crippen molar-refractivity contribution in [3.63, 3.8) is 0 Å². The molecule has 0 aliphatic carbocycles. The standard InChI is InChI=1S/C17H23N5O2/c1-24-15-4-2-3-14(13-15)18-7-8-21-9-11-22(12-10-21)16-5-6-19-20-17(16)23/h2-6,13,18H,7-12H2,1H3,(H,20,23). The number of hydrogen-bond donors (Lipinski definition) is 2. The Bertz CT molecular complexity index is 710. The van der Waals surface area contributed by atoms with E-state index >= 15 is 0 Å². The molecule has 0 bridgehead atoms. The van der Waals surface area contributed by atoms with Crippen LogP contribution in [0.5, 0.6) is 5.75 Å². The number of aromatic nitrogens is 2.